The summed E-state index contributed by atoms with van der Waals surface area (Å²) in [5.74, 6) is 7.11. The molecule has 1 aromatic carbocycles. The molecule has 0 spiro atoms. The van der Waals surface area contributed by atoms with Gasteiger partial charge in [0, 0.05) is 17.7 Å². The maximum Gasteiger partial charge on any atom is 0.149 e. The number of hydrogen-bond donors (Lipinski definition) is 1. The number of rotatable bonds is 4. The number of methoxy groups -OCH3 is 1. The Kier molecular flexibility index (Phi) is 4.68. The summed E-state index contributed by atoms with van der Waals surface area (Å²) >= 11 is 0. The molecule has 0 bridgehead atoms. The fourth-order valence-corrected chi connectivity index (χ4v) is 1.33. The molecule has 0 heterocycles. The Balaban J connectivity index is 2.94. The minimum atomic E-state index is -0.0736. The van der Waals surface area contributed by atoms with Gasteiger partial charge in [-0.2, -0.15) is 0 Å². The van der Waals surface area contributed by atoms with Gasteiger partial charge in [-0.05, 0) is 19.9 Å². The van der Waals surface area contributed by atoms with Crippen molar-refractivity contribution in [2.45, 2.75) is 19.9 Å². The largest absolute Gasteiger partial charge is 0.497 e. The van der Waals surface area contributed by atoms with E-state index in [1.165, 1.54) is 0 Å². The standard InChI is InChI=1S/C13H17NO2/c1-4-5-8-16-13-9-11(15-3)6-7-12(13)10(2)14/h6-7,9-10H,8,14H2,1-3H3/t10-/m1/s1. The first-order chi connectivity index (χ1) is 7.69. The molecule has 0 aromatic heterocycles. The minimum Gasteiger partial charge on any atom is -0.497 e. The van der Waals surface area contributed by atoms with Crippen molar-refractivity contribution in [1.29, 1.82) is 0 Å². The second kappa shape index (κ2) is 6.04. The van der Waals surface area contributed by atoms with E-state index in [1.54, 1.807) is 14.0 Å². The molecule has 0 saturated carbocycles. The zero-order valence-electron chi connectivity index (χ0n) is 9.91. The van der Waals surface area contributed by atoms with Crippen molar-refractivity contribution < 1.29 is 9.47 Å². The van der Waals surface area contributed by atoms with Gasteiger partial charge in [-0.3, -0.25) is 0 Å². The average molecular weight is 219 g/mol. The fourth-order valence-electron chi connectivity index (χ4n) is 1.33. The van der Waals surface area contributed by atoms with Crippen LogP contribution in [-0.4, -0.2) is 13.7 Å². The Morgan fingerprint density at radius 2 is 2.19 bits per heavy atom. The molecule has 1 atom stereocenters. The first kappa shape index (κ1) is 12.4. The Labute approximate surface area is 96.6 Å². The Morgan fingerprint density at radius 1 is 1.44 bits per heavy atom. The topological polar surface area (TPSA) is 44.5 Å². The van der Waals surface area contributed by atoms with E-state index in [9.17, 15) is 0 Å². The SMILES string of the molecule is CC#CCOc1cc(OC)ccc1[C@@H](C)N. The number of ether oxygens (including phenoxy) is 2. The predicted octanol–water partition coefficient (Wildman–Crippen LogP) is 2.12. The summed E-state index contributed by atoms with van der Waals surface area (Å²) < 4.78 is 10.7. The lowest BCUT2D eigenvalue weighted by Gasteiger charge is -2.13. The van der Waals surface area contributed by atoms with Gasteiger partial charge in [0.15, 0.2) is 0 Å². The van der Waals surface area contributed by atoms with Gasteiger partial charge in [0.2, 0.25) is 0 Å². The van der Waals surface area contributed by atoms with Crippen molar-refractivity contribution in [2.24, 2.45) is 5.73 Å². The highest BCUT2D eigenvalue weighted by Gasteiger charge is 2.09. The Hall–Kier alpha value is -1.66. The van der Waals surface area contributed by atoms with E-state index in [0.29, 0.717) is 6.61 Å². The van der Waals surface area contributed by atoms with Crippen LogP contribution in [0.5, 0.6) is 11.5 Å². The van der Waals surface area contributed by atoms with Crippen LogP contribution >= 0.6 is 0 Å². The number of nitrogens with two attached hydrogens (primary N) is 1. The summed E-state index contributed by atoms with van der Waals surface area (Å²) in [4.78, 5) is 0. The van der Waals surface area contributed by atoms with Crippen LogP contribution in [0.15, 0.2) is 18.2 Å². The van der Waals surface area contributed by atoms with Gasteiger partial charge in [-0.1, -0.05) is 12.0 Å². The molecule has 0 radical (unpaired) electrons. The minimum absolute atomic E-state index is 0.0736. The van der Waals surface area contributed by atoms with Crippen molar-refractivity contribution in [3.63, 3.8) is 0 Å². The molecule has 3 nitrogen and oxygen atoms in total. The number of benzene rings is 1. The molecule has 0 unspecified atom stereocenters. The van der Waals surface area contributed by atoms with Crippen LogP contribution in [0.2, 0.25) is 0 Å². The van der Waals surface area contributed by atoms with E-state index in [2.05, 4.69) is 11.8 Å². The molecular formula is C13H17NO2. The molecule has 2 N–H and O–H groups in total. The van der Waals surface area contributed by atoms with E-state index >= 15 is 0 Å². The zero-order chi connectivity index (χ0) is 12.0. The molecular weight excluding hydrogens is 202 g/mol. The van der Waals surface area contributed by atoms with Crippen LogP contribution in [0.25, 0.3) is 0 Å². The van der Waals surface area contributed by atoms with Crippen LogP contribution < -0.4 is 15.2 Å². The fraction of sp³-hybridized carbons (Fsp3) is 0.385. The van der Waals surface area contributed by atoms with Crippen molar-refractivity contribution >= 4 is 0 Å². The van der Waals surface area contributed by atoms with E-state index in [-0.39, 0.29) is 6.04 Å². The molecule has 3 heteroatoms. The van der Waals surface area contributed by atoms with Crippen molar-refractivity contribution in [2.75, 3.05) is 13.7 Å². The summed E-state index contributed by atoms with van der Waals surface area (Å²) in [6.45, 7) is 4.06. The number of hydrogen-bond acceptors (Lipinski definition) is 3. The summed E-state index contributed by atoms with van der Waals surface area (Å²) in [5, 5.41) is 0. The highest BCUT2D eigenvalue weighted by atomic mass is 16.5. The second-order valence-electron chi connectivity index (χ2n) is 3.41. The molecule has 0 aliphatic carbocycles. The highest BCUT2D eigenvalue weighted by Crippen LogP contribution is 2.28. The van der Waals surface area contributed by atoms with Crippen molar-refractivity contribution in [3.05, 3.63) is 23.8 Å². The van der Waals surface area contributed by atoms with Crippen LogP contribution in [0.1, 0.15) is 25.5 Å². The van der Waals surface area contributed by atoms with Crippen molar-refractivity contribution in [1.82, 2.24) is 0 Å². The molecule has 0 amide bonds. The average Bonchev–Trinajstić information content (AvgIpc) is 2.29. The zero-order valence-corrected chi connectivity index (χ0v) is 9.91. The van der Waals surface area contributed by atoms with Crippen LogP contribution in [-0.2, 0) is 0 Å². The van der Waals surface area contributed by atoms with Gasteiger partial charge in [-0.15, -0.1) is 5.92 Å². The van der Waals surface area contributed by atoms with Crippen LogP contribution in [0.4, 0.5) is 0 Å². The third-order valence-corrected chi connectivity index (χ3v) is 2.19. The molecule has 1 rings (SSSR count). The lowest BCUT2D eigenvalue weighted by Crippen LogP contribution is -2.08. The molecule has 0 aliphatic rings. The second-order valence-corrected chi connectivity index (χ2v) is 3.41. The molecule has 86 valence electrons. The first-order valence-electron chi connectivity index (χ1n) is 5.15. The molecule has 0 aliphatic heterocycles. The smallest absolute Gasteiger partial charge is 0.149 e. The maximum atomic E-state index is 5.85. The lowest BCUT2D eigenvalue weighted by atomic mass is 10.1. The van der Waals surface area contributed by atoms with E-state index in [0.717, 1.165) is 17.1 Å². The van der Waals surface area contributed by atoms with Gasteiger partial charge >= 0.3 is 0 Å². The van der Waals surface area contributed by atoms with Crippen LogP contribution in [0, 0.1) is 11.8 Å². The highest BCUT2D eigenvalue weighted by molar-refractivity contribution is 5.42. The molecule has 0 saturated heterocycles. The first-order valence-corrected chi connectivity index (χ1v) is 5.15. The van der Waals surface area contributed by atoms with Crippen LogP contribution in [0.3, 0.4) is 0 Å². The Morgan fingerprint density at radius 3 is 2.75 bits per heavy atom. The van der Waals surface area contributed by atoms with Gasteiger partial charge < -0.3 is 15.2 Å². The predicted molar refractivity (Wildman–Crippen MR) is 64.5 cm³/mol. The van der Waals surface area contributed by atoms with Gasteiger partial charge in [-0.25, -0.2) is 0 Å². The van der Waals surface area contributed by atoms with Crippen molar-refractivity contribution in [3.8, 4) is 23.3 Å². The maximum absolute atomic E-state index is 5.85. The van der Waals surface area contributed by atoms with Gasteiger partial charge in [0.05, 0.1) is 7.11 Å². The quantitative estimate of drug-likeness (QED) is 0.789. The molecule has 0 fully saturated rings. The van der Waals surface area contributed by atoms with E-state index in [1.807, 2.05) is 25.1 Å². The van der Waals surface area contributed by atoms with Gasteiger partial charge in [0.1, 0.15) is 18.1 Å². The molecule has 16 heavy (non-hydrogen) atoms. The summed E-state index contributed by atoms with van der Waals surface area (Å²) in [7, 11) is 1.62. The third kappa shape index (κ3) is 3.18. The Bertz CT molecular complexity index is 402. The summed E-state index contributed by atoms with van der Waals surface area (Å²) in [6.07, 6.45) is 0. The molecule has 1 aromatic rings. The third-order valence-electron chi connectivity index (χ3n) is 2.19. The normalized spacial score (nSPS) is 11.2. The monoisotopic (exact) mass is 219 g/mol. The summed E-state index contributed by atoms with van der Waals surface area (Å²) in [5.41, 5.74) is 6.81. The van der Waals surface area contributed by atoms with E-state index in [4.69, 9.17) is 15.2 Å². The van der Waals surface area contributed by atoms with E-state index < -0.39 is 0 Å². The summed E-state index contributed by atoms with van der Waals surface area (Å²) in [6, 6.07) is 5.54. The lowest BCUT2D eigenvalue weighted by molar-refractivity contribution is 0.357. The van der Waals surface area contributed by atoms with Gasteiger partial charge in [0.25, 0.3) is 0 Å².